The maximum atomic E-state index is 3.73. The van der Waals surface area contributed by atoms with Crippen LogP contribution in [0.3, 0.4) is 0 Å². The van der Waals surface area contributed by atoms with Crippen LogP contribution in [0.5, 0.6) is 0 Å². The first-order valence-electron chi connectivity index (χ1n) is 4.08. The molecule has 0 fully saturated rings. The Balaban J connectivity index is 3.02. The summed E-state index contributed by atoms with van der Waals surface area (Å²) >= 11 is 10.4. The maximum absolute atomic E-state index is 3.73. The summed E-state index contributed by atoms with van der Waals surface area (Å²) in [7, 11) is 0. The molecule has 4 heteroatoms. The highest BCUT2D eigenvalue weighted by atomic mass is 79.9. The molecular weight excluding hydrogens is 374 g/mol. The zero-order valence-corrected chi connectivity index (χ0v) is 12.4. The fourth-order valence-corrected chi connectivity index (χ4v) is 3.45. The van der Waals surface area contributed by atoms with E-state index in [9.17, 15) is 0 Å². The van der Waals surface area contributed by atoms with Crippen molar-refractivity contribution in [1.29, 1.82) is 0 Å². The summed E-state index contributed by atoms with van der Waals surface area (Å²) in [4.78, 5) is 0. The normalized spacial score (nSPS) is 12.3. The Morgan fingerprint density at radius 3 is 2.21 bits per heavy atom. The number of anilines is 1. The van der Waals surface area contributed by atoms with Gasteiger partial charge in [0.05, 0.1) is 5.69 Å². The molecule has 1 atom stereocenters. The predicted octanol–water partition coefficient (Wildman–Crippen LogP) is 4.96. The summed E-state index contributed by atoms with van der Waals surface area (Å²) in [5, 5.41) is 3.32. The zero-order valence-electron chi connectivity index (χ0n) is 7.65. The summed E-state index contributed by atoms with van der Waals surface area (Å²) in [6.07, 6.45) is 1.86. The molecule has 0 amide bonds. The van der Waals surface area contributed by atoms with Crippen LogP contribution in [0.4, 0.5) is 5.69 Å². The van der Waals surface area contributed by atoms with Crippen molar-refractivity contribution < 1.29 is 0 Å². The standard InChI is InChI=1S/C10H10Br3N/c1-3-6(2)14-10-8(12)4-7(11)5-9(10)13/h3-6,14H,1H2,2H3. The number of halogens is 3. The first-order valence-corrected chi connectivity index (χ1v) is 6.46. The molecule has 0 radical (unpaired) electrons. The van der Waals surface area contributed by atoms with Crippen molar-refractivity contribution in [1.82, 2.24) is 0 Å². The lowest BCUT2D eigenvalue weighted by molar-refractivity contribution is 0.997. The molecule has 0 aromatic heterocycles. The fraction of sp³-hybridized carbons (Fsp3) is 0.200. The van der Waals surface area contributed by atoms with Crippen LogP contribution >= 0.6 is 47.8 Å². The quantitative estimate of drug-likeness (QED) is 0.727. The van der Waals surface area contributed by atoms with Crippen LogP contribution in [0, 0.1) is 0 Å². The second-order valence-electron chi connectivity index (χ2n) is 2.91. The Morgan fingerprint density at radius 1 is 1.29 bits per heavy atom. The SMILES string of the molecule is C=CC(C)Nc1c(Br)cc(Br)cc1Br. The van der Waals surface area contributed by atoms with Crippen molar-refractivity contribution in [3.8, 4) is 0 Å². The molecule has 76 valence electrons. The van der Waals surface area contributed by atoms with E-state index in [-0.39, 0.29) is 6.04 Å². The Morgan fingerprint density at radius 2 is 1.79 bits per heavy atom. The van der Waals surface area contributed by atoms with Crippen molar-refractivity contribution in [3.63, 3.8) is 0 Å². The first-order chi connectivity index (χ1) is 6.54. The third-order valence-electron chi connectivity index (χ3n) is 1.73. The van der Waals surface area contributed by atoms with Crippen LogP contribution in [-0.4, -0.2) is 6.04 Å². The van der Waals surface area contributed by atoms with Crippen LogP contribution in [0.1, 0.15) is 6.92 Å². The Kier molecular flexibility index (Phi) is 4.67. The lowest BCUT2D eigenvalue weighted by atomic mass is 10.2. The molecule has 1 N–H and O–H groups in total. The highest BCUT2D eigenvalue weighted by Crippen LogP contribution is 2.34. The van der Waals surface area contributed by atoms with Gasteiger partial charge in [-0.05, 0) is 50.9 Å². The molecule has 0 aliphatic carbocycles. The van der Waals surface area contributed by atoms with Crippen LogP contribution in [0.15, 0.2) is 38.2 Å². The van der Waals surface area contributed by atoms with Crippen molar-refractivity contribution >= 4 is 53.5 Å². The zero-order chi connectivity index (χ0) is 10.7. The Bertz CT molecular complexity index is 326. The molecule has 0 heterocycles. The largest absolute Gasteiger partial charge is 0.377 e. The average Bonchev–Trinajstić information content (AvgIpc) is 2.10. The molecule has 1 nitrogen and oxygen atoms in total. The second kappa shape index (κ2) is 5.33. The first kappa shape index (κ1) is 12.3. The number of nitrogens with one attached hydrogen (secondary N) is 1. The minimum Gasteiger partial charge on any atom is -0.377 e. The predicted molar refractivity (Wildman–Crippen MR) is 72.8 cm³/mol. The number of hydrogen-bond donors (Lipinski definition) is 1. The average molecular weight is 384 g/mol. The molecule has 1 rings (SSSR count). The van der Waals surface area contributed by atoms with Crippen molar-refractivity contribution in [2.75, 3.05) is 5.32 Å². The lowest BCUT2D eigenvalue weighted by Gasteiger charge is -2.14. The van der Waals surface area contributed by atoms with E-state index < -0.39 is 0 Å². The van der Waals surface area contributed by atoms with Crippen molar-refractivity contribution in [2.45, 2.75) is 13.0 Å². The molecule has 0 spiro atoms. The highest BCUT2D eigenvalue weighted by Gasteiger charge is 2.07. The molecule has 14 heavy (non-hydrogen) atoms. The van der Waals surface area contributed by atoms with Gasteiger partial charge >= 0.3 is 0 Å². The molecule has 0 saturated heterocycles. The summed E-state index contributed by atoms with van der Waals surface area (Å²) in [5.74, 6) is 0. The summed E-state index contributed by atoms with van der Waals surface area (Å²) in [6, 6.07) is 4.25. The lowest BCUT2D eigenvalue weighted by Crippen LogP contribution is -2.12. The van der Waals surface area contributed by atoms with E-state index >= 15 is 0 Å². The number of benzene rings is 1. The van der Waals surface area contributed by atoms with E-state index in [1.807, 2.05) is 25.1 Å². The Labute approximate surface area is 109 Å². The smallest absolute Gasteiger partial charge is 0.0634 e. The number of rotatable bonds is 3. The monoisotopic (exact) mass is 381 g/mol. The van der Waals surface area contributed by atoms with Gasteiger partial charge in [-0.2, -0.15) is 0 Å². The van der Waals surface area contributed by atoms with Crippen molar-refractivity contribution in [3.05, 3.63) is 38.2 Å². The van der Waals surface area contributed by atoms with E-state index in [0.717, 1.165) is 19.1 Å². The molecule has 1 aromatic rings. The van der Waals surface area contributed by atoms with Gasteiger partial charge in [0.1, 0.15) is 0 Å². The van der Waals surface area contributed by atoms with Gasteiger partial charge < -0.3 is 5.32 Å². The summed E-state index contributed by atoms with van der Waals surface area (Å²) in [6.45, 7) is 5.78. The number of hydrogen-bond acceptors (Lipinski definition) is 1. The van der Waals surface area contributed by atoms with E-state index in [0.29, 0.717) is 0 Å². The second-order valence-corrected chi connectivity index (χ2v) is 5.54. The molecule has 0 saturated carbocycles. The third kappa shape index (κ3) is 3.11. The van der Waals surface area contributed by atoms with E-state index in [1.165, 1.54) is 0 Å². The molecule has 0 bridgehead atoms. The molecule has 1 aromatic carbocycles. The molecule has 0 aliphatic rings. The van der Waals surface area contributed by atoms with Gasteiger partial charge in [0.25, 0.3) is 0 Å². The van der Waals surface area contributed by atoms with Gasteiger partial charge in [-0.15, -0.1) is 6.58 Å². The van der Waals surface area contributed by atoms with Crippen LogP contribution in [0.2, 0.25) is 0 Å². The minimum absolute atomic E-state index is 0.240. The van der Waals surface area contributed by atoms with Gasteiger partial charge in [-0.3, -0.25) is 0 Å². The van der Waals surface area contributed by atoms with Gasteiger partial charge in [0.2, 0.25) is 0 Å². The van der Waals surface area contributed by atoms with Crippen LogP contribution in [-0.2, 0) is 0 Å². The van der Waals surface area contributed by atoms with Gasteiger partial charge in [-0.25, -0.2) is 0 Å². The van der Waals surface area contributed by atoms with Crippen LogP contribution in [0.25, 0.3) is 0 Å². The maximum Gasteiger partial charge on any atom is 0.0634 e. The minimum atomic E-state index is 0.240. The van der Waals surface area contributed by atoms with E-state index in [1.54, 1.807) is 0 Å². The third-order valence-corrected chi connectivity index (χ3v) is 3.44. The van der Waals surface area contributed by atoms with Gasteiger partial charge in [0.15, 0.2) is 0 Å². The fourth-order valence-electron chi connectivity index (χ4n) is 0.967. The van der Waals surface area contributed by atoms with Crippen LogP contribution < -0.4 is 5.32 Å². The molecule has 1 unspecified atom stereocenters. The van der Waals surface area contributed by atoms with E-state index in [2.05, 4.69) is 59.7 Å². The van der Waals surface area contributed by atoms with Gasteiger partial charge in [-0.1, -0.05) is 22.0 Å². The van der Waals surface area contributed by atoms with Crippen molar-refractivity contribution in [2.24, 2.45) is 0 Å². The molecular formula is C10H10Br3N. The highest BCUT2D eigenvalue weighted by molar-refractivity contribution is 9.11. The van der Waals surface area contributed by atoms with Gasteiger partial charge in [0, 0.05) is 19.5 Å². The summed E-state index contributed by atoms with van der Waals surface area (Å²) < 4.78 is 3.08. The topological polar surface area (TPSA) is 12.0 Å². The van der Waals surface area contributed by atoms with E-state index in [4.69, 9.17) is 0 Å². The summed E-state index contributed by atoms with van der Waals surface area (Å²) in [5.41, 5.74) is 1.04. The molecule has 0 aliphatic heterocycles. The Hall–Kier alpha value is 0.200.